The van der Waals surface area contributed by atoms with Gasteiger partial charge in [-0.15, -0.1) is 0 Å². The molecule has 1 N–H and O–H groups in total. The lowest BCUT2D eigenvalue weighted by molar-refractivity contribution is 0.00832. The second kappa shape index (κ2) is 9.50. The van der Waals surface area contributed by atoms with Crippen LogP contribution < -0.4 is 0 Å². The first-order valence-corrected chi connectivity index (χ1v) is 9.74. The molecule has 4 heteroatoms. The van der Waals surface area contributed by atoms with Crippen LogP contribution in [0.15, 0.2) is 24.5 Å². The molecular weight excluding hydrogens is 324 g/mol. The number of aromatic nitrogens is 1. The number of hydrogen-bond donors (Lipinski definition) is 1. The fraction of sp³-hybridized carbons (Fsp3) is 0.682. The second-order valence-electron chi connectivity index (χ2n) is 8.16. The Balaban J connectivity index is 1.89. The van der Waals surface area contributed by atoms with Crippen molar-refractivity contribution in [3.63, 3.8) is 0 Å². The number of methoxy groups -OCH3 is 1. The van der Waals surface area contributed by atoms with Gasteiger partial charge >= 0.3 is 0 Å². The van der Waals surface area contributed by atoms with Gasteiger partial charge in [-0.25, -0.2) is 0 Å². The summed E-state index contributed by atoms with van der Waals surface area (Å²) in [6.45, 7) is 7.71. The molecule has 0 amide bonds. The highest BCUT2D eigenvalue weighted by atomic mass is 16.5. The van der Waals surface area contributed by atoms with Gasteiger partial charge in [0.05, 0.1) is 12.1 Å². The van der Waals surface area contributed by atoms with Crippen molar-refractivity contribution in [1.29, 1.82) is 0 Å². The molecule has 0 unspecified atom stereocenters. The van der Waals surface area contributed by atoms with Gasteiger partial charge in [0.15, 0.2) is 0 Å². The van der Waals surface area contributed by atoms with Crippen molar-refractivity contribution in [2.45, 2.75) is 76.5 Å². The van der Waals surface area contributed by atoms with E-state index in [1.54, 1.807) is 7.11 Å². The summed E-state index contributed by atoms with van der Waals surface area (Å²) in [5, 5.41) is 10.6. The number of nitrogens with zero attached hydrogens (tertiary/aromatic N) is 2. The summed E-state index contributed by atoms with van der Waals surface area (Å²) in [5.74, 6) is 6.32. The van der Waals surface area contributed by atoms with Gasteiger partial charge in [0, 0.05) is 25.5 Å². The van der Waals surface area contributed by atoms with E-state index < -0.39 is 5.60 Å². The summed E-state index contributed by atoms with van der Waals surface area (Å²) >= 11 is 0. The number of pyridine rings is 1. The standard InChI is InChI=1S/C22H34N2O2/c1-21(2,26-4)12-8-13-22(3,25)14-9-17-24-16-6-5-11-20(24)19-10-7-15-23-18-19/h7,10,15,18,20,25H,5-6,8,11-13,16-17H2,1-4H3/t20-,22-/m0/s1. The van der Waals surface area contributed by atoms with E-state index in [0.29, 0.717) is 19.0 Å². The molecule has 1 aromatic heterocycles. The largest absolute Gasteiger partial charge is 0.379 e. The molecule has 0 saturated carbocycles. The summed E-state index contributed by atoms with van der Waals surface area (Å²) in [5.41, 5.74) is 0.181. The molecule has 0 aliphatic carbocycles. The van der Waals surface area contributed by atoms with Crippen LogP contribution in [0.3, 0.4) is 0 Å². The third-order valence-corrected chi connectivity index (χ3v) is 5.32. The molecule has 2 atom stereocenters. The van der Waals surface area contributed by atoms with Gasteiger partial charge in [-0.3, -0.25) is 9.88 Å². The maximum atomic E-state index is 10.6. The lowest BCUT2D eigenvalue weighted by atomic mass is 9.94. The zero-order chi connectivity index (χ0) is 19.0. The Morgan fingerprint density at radius 3 is 2.81 bits per heavy atom. The molecule has 4 nitrogen and oxygen atoms in total. The first-order chi connectivity index (χ1) is 12.3. The Hall–Kier alpha value is -1.41. The number of aliphatic hydroxyl groups is 1. The molecular formula is C22H34N2O2. The van der Waals surface area contributed by atoms with Gasteiger partial charge in [0.25, 0.3) is 0 Å². The molecule has 0 spiro atoms. The molecule has 1 aliphatic heterocycles. The Bertz CT molecular complexity index is 602. The van der Waals surface area contributed by atoms with Crippen LogP contribution in [0.1, 0.15) is 70.9 Å². The smallest absolute Gasteiger partial charge is 0.122 e. The summed E-state index contributed by atoms with van der Waals surface area (Å²) in [6, 6.07) is 4.54. The lowest BCUT2D eigenvalue weighted by Gasteiger charge is -2.34. The summed E-state index contributed by atoms with van der Waals surface area (Å²) in [7, 11) is 1.73. The molecule has 0 aromatic carbocycles. The lowest BCUT2D eigenvalue weighted by Crippen LogP contribution is -2.34. The molecule has 2 rings (SSSR count). The van der Waals surface area contributed by atoms with Crippen LogP contribution in [0.25, 0.3) is 0 Å². The van der Waals surface area contributed by atoms with Crippen molar-refractivity contribution in [2.24, 2.45) is 0 Å². The van der Waals surface area contributed by atoms with E-state index in [2.05, 4.69) is 41.6 Å². The maximum Gasteiger partial charge on any atom is 0.122 e. The second-order valence-corrected chi connectivity index (χ2v) is 8.16. The van der Waals surface area contributed by atoms with Crippen LogP contribution in [-0.2, 0) is 4.74 Å². The number of rotatable bonds is 7. The van der Waals surface area contributed by atoms with E-state index in [1.165, 1.54) is 18.4 Å². The number of piperidine rings is 1. The molecule has 1 aromatic rings. The van der Waals surface area contributed by atoms with Crippen molar-refractivity contribution in [3.8, 4) is 11.8 Å². The van der Waals surface area contributed by atoms with Crippen molar-refractivity contribution in [2.75, 3.05) is 20.2 Å². The van der Waals surface area contributed by atoms with Crippen LogP contribution in [-0.4, -0.2) is 46.4 Å². The summed E-state index contributed by atoms with van der Waals surface area (Å²) in [6.07, 6.45) is 9.86. The highest BCUT2D eigenvalue weighted by molar-refractivity contribution is 5.17. The van der Waals surface area contributed by atoms with Crippen molar-refractivity contribution < 1.29 is 9.84 Å². The predicted molar refractivity (Wildman–Crippen MR) is 106 cm³/mol. The molecule has 2 heterocycles. The molecule has 0 bridgehead atoms. The fourth-order valence-corrected chi connectivity index (χ4v) is 3.49. The van der Waals surface area contributed by atoms with E-state index in [1.807, 2.05) is 25.4 Å². The Morgan fingerprint density at radius 1 is 1.31 bits per heavy atom. The zero-order valence-electron chi connectivity index (χ0n) is 16.8. The summed E-state index contributed by atoms with van der Waals surface area (Å²) < 4.78 is 5.44. The minimum absolute atomic E-state index is 0.145. The van der Waals surface area contributed by atoms with E-state index >= 15 is 0 Å². The quantitative estimate of drug-likeness (QED) is 0.750. The van der Waals surface area contributed by atoms with Crippen molar-refractivity contribution >= 4 is 0 Å². The molecule has 26 heavy (non-hydrogen) atoms. The van der Waals surface area contributed by atoms with Gasteiger partial charge in [-0.2, -0.15) is 0 Å². The Kier molecular flexibility index (Phi) is 7.64. The molecule has 1 saturated heterocycles. The average molecular weight is 359 g/mol. The zero-order valence-corrected chi connectivity index (χ0v) is 16.8. The van der Waals surface area contributed by atoms with Gasteiger partial charge in [0.1, 0.15) is 5.60 Å². The molecule has 1 aliphatic rings. The van der Waals surface area contributed by atoms with E-state index in [-0.39, 0.29) is 5.60 Å². The van der Waals surface area contributed by atoms with Gasteiger partial charge in [-0.05, 0) is 71.0 Å². The van der Waals surface area contributed by atoms with Crippen LogP contribution in [0.4, 0.5) is 0 Å². The molecule has 1 fully saturated rings. The van der Waals surface area contributed by atoms with Crippen LogP contribution in [0.5, 0.6) is 0 Å². The average Bonchev–Trinajstić information content (AvgIpc) is 2.62. The SMILES string of the molecule is COC(C)(C)CCC[C@](C)(O)C#CCN1CCCC[C@H]1c1cccnc1. The van der Waals surface area contributed by atoms with Gasteiger partial charge in [0.2, 0.25) is 0 Å². The van der Waals surface area contributed by atoms with Crippen molar-refractivity contribution in [3.05, 3.63) is 30.1 Å². The predicted octanol–water partition coefficient (Wildman–Crippen LogP) is 3.96. The van der Waals surface area contributed by atoms with E-state index in [4.69, 9.17) is 4.74 Å². The number of hydrogen-bond acceptors (Lipinski definition) is 4. The third-order valence-electron chi connectivity index (χ3n) is 5.32. The normalized spacial score (nSPS) is 20.9. The minimum atomic E-state index is -0.941. The third kappa shape index (κ3) is 6.72. The molecule has 144 valence electrons. The fourth-order valence-electron chi connectivity index (χ4n) is 3.49. The minimum Gasteiger partial charge on any atom is -0.379 e. The highest BCUT2D eigenvalue weighted by Gasteiger charge is 2.24. The number of ether oxygens (including phenoxy) is 1. The first kappa shape index (κ1) is 20.9. The topological polar surface area (TPSA) is 45.6 Å². The van der Waals surface area contributed by atoms with Crippen LogP contribution in [0.2, 0.25) is 0 Å². The Labute approximate surface area is 159 Å². The van der Waals surface area contributed by atoms with Crippen molar-refractivity contribution in [1.82, 2.24) is 9.88 Å². The van der Waals surface area contributed by atoms with E-state index in [0.717, 1.165) is 25.8 Å². The highest BCUT2D eigenvalue weighted by Crippen LogP contribution is 2.29. The van der Waals surface area contributed by atoms with Gasteiger partial charge in [-0.1, -0.05) is 24.3 Å². The molecule has 0 radical (unpaired) electrons. The van der Waals surface area contributed by atoms with Crippen LogP contribution in [0, 0.1) is 11.8 Å². The number of likely N-dealkylation sites (tertiary alicyclic amines) is 1. The Morgan fingerprint density at radius 2 is 2.12 bits per heavy atom. The first-order valence-electron chi connectivity index (χ1n) is 9.74. The summed E-state index contributed by atoms with van der Waals surface area (Å²) in [4.78, 5) is 6.68. The van der Waals surface area contributed by atoms with E-state index in [9.17, 15) is 5.11 Å². The van der Waals surface area contributed by atoms with Crippen LogP contribution >= 0.6 is 0 Å². The monoisotopic (exact) mass is 358 g/mol. The van der Waals surface area contributed by atoms with Gasteiger partial charge < -0.3 is 9.84 Å². The maximum absolute atomic E-state index is 10.6.